The van der Waals surface area contributed by atoms with Gasteiger partial charge in [-0.25, -0.2) is 0 Å². The fraction of sp³-hybridized carbons (Fsp3) is 0.250. The molecule has 0 fully saturated rings. The fourth-order valence-corrected chi connectivity index (χ4v) is 3.68. The largest absolute Gasteiger partial charge is 0.573 e. The molecular formula is C20H17F3N2O3. The normalized spacial score (nSPS) is 19.3. The molecular weight excluding hydrogens is 373 g/mol. The molecule has 1 aliphatic rings. The van der Waals surface area contributed by atoms with Crippen LogP contribution >= 0.6 is 0 Å². The zero-order valence-corrected chi connectivity index (χ0v) is 14.8. The number of aromatic nitrogens is 1. The molecule has 0 amide bonds. The van der Waals surface area contributed by atoms with E-state index in [1.807, 2.05) is 24.3 Å². The van der Waals surface area contributed by atoms with Gasteiger partial charge in [-0.15, -0.1) is 13.2 Å². The summed E-state index contributed by atoms with van der Waals surface area (Å²) >= 11 is 0. The maximum atomic E-state index is 12.6. The summed E-state index contributed by atoms with van der Waals surface area (Å²) in [5, 5.41) is 4.16. The second-order valence-corrected chi connectivity index (χ2v) is 6.56. The minimum absolute atomic E-state index is 0.315. The van der Waals surface area contributed by atoms with Crippen LogP contribution in [0.25, 0.3) is 10.9 Å². The minimum atomic E-state index is -4.78. The molecule has 0 saturated heterocycles. The molecule has 146 valence electrons. The molecule has 2 heterocycles. The van der Waals surface area contributed by atoms with Crippen LogP contribution in [0.15, 0.2) is 48.5 Å². The van der Waals surface area contributed by atoms with Crippen LogP contribution in [0, 0.1) is 0 Å². The first kappa shape index (κ1) is 18.4. The van der Waals surface area contributed by atoms with Crippen molar-refractivity contribution in [2.24, 2.45) is 0 Å². The van der Waals surface area contributed by atoms with E-state index in [1.54, 1.807) is 6.07 Å². The predicted molar refractivity (Wildman–Crippen MR) is 95.9 cm³/mol. The molecule has 2 aromatic carbocycles. The van der Waals surface area contributed by atoms with Crippen molar-refractivity contribution in [2.75, 3.05) is 7.11 Å². The summed E-state index contributed by atoms with van der Waals surface area (Å²) in [5.74, 6) is -0.742. The highest BCUT2D eigenvalue weighted by Gasteiger charge is 2.35. The highest BCUT2D eigenvalue weighted by molar-refractivity contribution is 5.87. The number of halogens is 3. The highest BCUT2D eigenvalue weighted by atomic mass is 19.4. The maximum Gasteiger partial charge on any atom is 0.573 e. The first-order valence-corrected chi connectivity index (χ1v) is 8.65. The Balaban J connectivity index is 1.80. The fourth-order valence-electron chi connectivity index (χ4n) is 3.68. The number of para-hydroxylation sites is 1. The standard InChI is InChI=1S/C20H17F3N2O3/c1-27-19(26)16-10-14-13-7-2-3-8-15(13)24-18(14)17(25-16)11-5-4-6-12(9-11)28-20(21,22)23/h2-9,16-17,24-25H,10H2,1H3/t16-,17-/m1/s1. The number of aromatic amines is 1. The number of rotatable bonds is 3. The molecule has 4 rings (SSSR count). The van der Waals surface area contributed by atoms with E-state index < -0.39 is 24.4 Å². The molecule has 28 heavy (non-hydrogen) atoms. The summed E-state index contributed by atoms with van der Waals surface area (Å²) in [6.07, 6.45) is -4.36. The molecule has 2 atom stereocenters. The highest BCUT2D eigenvalue weighted by Crippen LogP contribution is 2.36. The van der Waals surface area contributed by atoms with Gasteiger partial charge in [0.25, 0.3) is 0 Å². The van der Waals surface area contributed by atoms with E-state index in [9.17, 15) is 18.0 Å². The third-order valence-electron chi connectivity index (χ3n) is 4.82. The number of esters is 1. The van der Waals surface area contributed by atoms with Gasteiger partial charge in [-0.05, 0) is 29.3 Å². The Bertz CT molecular complexity index is 1030. The van der Waals surface area contributed by atoms with E-state index in [0.29, 0.717) is 12.0 Å². The summed E-state index contributed by atoms with van der Waals surface area (Å²) < 4.78 is 46.7. The topological polar surface area (TPSA) is 63.4 Å². The second-order valence-electron chi connectivity index (χ2n) is 6.56. The van der Waals surface area contributed by atoms with Crippen molar-refractivity contribution in [2.45, 2.75) is 24.9 Å². The Labute approximate surface area is 158 Å². The van der Waals surface area contributed by atoms with Crippen LogP contribution in [0.3, 0.4) is 0 Å². The second kappa shape index (κ2) is 6.87. The SMILES string of the molecule is COC(=O)[C@H]1Cc2c([nH]c3ccccc23)[C@@H](c2cccc(OC(F)(F)F)c2)N1. The van der Waals surface area contributed by atoms with Crippen molar-refractivity contribution >= 4 is 16.9 Å². The first-order valence-electron chi connectivity index (χ1n) is 8.65. The number of fused-ring (bicyclic) bond motifs is 3. The van der Waals surface area contributed by atoms with Gasteiger partial charge >= 0.3 is 12.3 Å². The van der Waals surface area contributed by atoms with E-state index in [1.165, 1.54) is 25.3 Å². The number of benzene rings is 2. The van der Waals surface area contributed by atoms with Crippen LogP contribution in [0.5, 0.6) is 5.75 Å². The van der Waals surface area contributed by atoms with Crippen LogP contribution in [-0.4, -0.2) is 30.5 Å². The van der Waals surface area contributed by atoms with Gasteiger partial charge in [0.2, 0.25) is 0 Å². The van der Waals surface area contributed by atoms with Crippen LogP contribution in [0.2, 0.25) is 0 Å². The van der Waals surface area contributed by atoms with Gasteiger partial charge in [0, 0.05) is 23.0 Å². The lowest BCUT2D eigenvalue weighted by molar-refractivity contribution is -0.274. The number of ether oxygens (including phenoxy) is 2. The van der Waals surface area contributed by atoms with Gasteiger partial charge in [0.05, 0.1) is 13.2 Å². The van der Waals surface area contributed by atoms with Crippen molar-refractivity contribution in [3.05, 3.63) is 65.4 Å². The van der Waals surface area contributed by atoms with Crippen molar-refractivity contribution in [1.82, 2.24) is 10.3 Å². The van der Waals surface area contributed by atoms with Crippen molar-refractivity contribution in [3.63, 3.8) is 0 Å². The summed E-state index contributed by atoms with van der Waals surface area (Å²) in [6.45, 7) is 0. The maximum absolute atomic E-state index is 12.6. The third-order valence-corrected chi connectivity index (χ3v) is 4.82. The number of methoxy groups -OCH3 is 1. The van der Waals surface area contributed by atoms with E-state index >= 15 is 0 Å². The van der Waals surface area contributed by atoms with Crippen molar-refractivity contribution in [3.8, 4) is 5.75 Å². The Morgan fingerprint density at radius 3 is 2.68 bits per heavy atom. The molecule has 0 spiro atoms. The minimum Gasteiger partial charge on any atom is -0.468 e. The van der Waals surface area contributed by atoms with Crippen LogP contribution in [0.4, 0.5) is 13.2 Å². The van der Waals surface area contributed by atoms with Gasteiger partial charge in [-0.1, -0.05) is 30.3 Å². The van der Waals surface area contributed by atoms with Gasteiger partial charge in [0.15, 0.2) is 0 Å². The molecule has 0 unspecified atom stereocenters. The van der Waals surface area contributed by atoms with Crippen molar-refractivity contribution in [1.29, 1.82) is 0 Å². The quantitative estimate of drug-likeness (QED) is 0.667. The average molecular weight is 390 g/mol. The van der Waals surface area contributed by atoms with E-state index in [2.05, 4.69) is 15.0 Å². The molecule has 0 saturated carbocycles. The Morgan fingerprint density at radius 2 is 1.93 bits per heavy atom. The number of hydrogen-bond acceptors (Lipinski definition) is 4. The number of nitrogens with one attached hydrogen (secondary N) is 2. The number of hydrogen-bond donors (Lipinski definition) is 2. The van der Waals surface area contributed by atoms with Gasteiger partial charge in [-0.3, -0.25) is 10.1 Å². The smallest absolute Gasteiger partial charge is 0.468 e. The number of carbonyl (C=O) groups is 1. The summed E-state index contributed by atoms with van der Waals surface area (Å²) in [4.78, 5) is 15.5. The summed E-state index contributed by atoms with van der Waals surface area (Å²) in [6, 6.07) is 12.3. The van der Waals surface area contributed by atoms with Gasteiger partial charge in [-0.2, -0.15) is 0 Å². The number of alkyl halides is 3. The van der Waals surface area contributed by atoms with Crippen LogP contribution in [-0.2, 0) is 16.0 Å². The van der Waals surface area contributed by atoms with Crippen molar-refractivity contribution < 1.29 is 27.4 Å². The molecule has 8 heteroatoms. The Morgan fingerprint density at radius 1 is 1.14 bits per heavy atom. The van der Waals surface area contributed by atoms with Gasteiger partial charge in [0.1, 0.15) is 11.8 Å². The molecule has 1 aliphatic heterocycles. The Kier molecular flexibility index (Phi) is 4.50. The summed E-state index contributed by atoms with van der Waals surface area (Å²) in [7, 11) is 1.31. The monoisotopic (exact) mass is 390 g/mol. The molecule has 1 aromatic heterocycles. The summed E-state index contributed by atoms with van der Waals surface area (Å²) in [5.41, 5.74) is 3.19. The predicted octanol–water partition coefficient (Wildman–Crippen LogP) is 3.84. The zero-order chi connectivity index (χ0) is 19.9. The molecule has 0 bridgehead atoms. The molecule has 3 aromatic rings. The lowest BCUT2D eigenvalue weighted by Crippen LogP contribution is -2.45. The molecule has 0 aliphatic carbocycles. The van der Waals surface area contributed by atoms with Gasteiger partial charge < -0.3 is 14.5 Å². The van der Waals surface area contributed by atoms with E-state index in [-0.39, 0.29) is 5.75 Å². The molecule has 2 N–H and O–H groups in total. The number of H-pyrrole nitrogens is 1. The zero-order valence-electron chi connectivity index (χ0n) is 14.8. The first-order chi connectivity index (χ1) is 13.4. The third kappa shape index (κ3) is 3.43. The average Bonchev–Trinajstić information content (AvgIpc) is 3.04. The number of carbonyl (C=O) groups excluding carboxylic acids is 1. The van der Waals surface area contributed by atoms with Crippen LogP contribution < -0.4 is 10.1 Å². The Hall–Kier alpha value is -3.00. The van der Waals surface area contributed by atoms with E-state index in [4.69, 9.17) is 4.74 Å². The van der Waals surface area contributed by atoms with E-state index in [0.717, 1.165) is 22.2 Å². The molecule has 5 nitrogen and oxygen atoms in total. The van der Waals surface area contributed by atoms with Crippen LogP contribution in [0.1, 0.15) is 22.9 Å². The lowest BCUT2D eigenvalue weighted by atomic mass is 9.90. The lowest BCUT2D eigenvalue weighted by Gasteiger charge is -2.30. The molecule has 0 radical (unpaired) electrons.